The van der Waals surface area contributed by atoms with Gasteiger partial charge in [0.2, 0.25) is 0 Å². The maximum absolute atomic E-state index is 11.1. The quantitative estimate of drug-likeness (QED) is 0.173. The third kappa shape index (κ3) is 15.8. The number of hydrogen-bond donors (Lipinski definition) is 0. The molecule has 0 saturated carbocycles. The minimum Gasteiger partial charge on any atom is -0.542 e. The Hall–Kier alpha value is -0.586. The molecule has 11 heteroatoms. The van der Waals surface area contributed by atoms with E-state index in [4.69, 9.17) is 28.4 Å². The van der Waals surface area contributed by atoms with E-state index in [-0.39, 0.29) is 61.4 Å². The summed E-state index contributed by atoms with van der Waals surface area (Å²) >= 11 is 0. The number of carboxylic acid groups (broad SMARTS) is 2. The number of rotatable bonds is 20. The second-order valence-electron chi connectivity index (χ2n) is 6.78. The average Bonchev–Trinajstić information content (AvgIpc) is 2.78. The Balaban J connectivity index is -0.000000529. The standard InChI is InChI=1S/2C11H22O5.Ti/c2*1-4-7-14-11(10(12)13,15-8-5-2)16-9-6-3;/h2*4-9H2,1-3H3,(H,12,13);/q;;+2/p-2. The fourth-order valence-electron chi connectivity index (χ4n) is 2.02. The summed E-state index contributed by atoms with van der Waals surface area (Å²) in [6.07, 6.45) is 4.08. The molecule has 0 aliphatic heterocycles. The molecular weight excluding hydrogens is 472 g/mol. The molecule has 0 amide bonds. The van der Waals surface area contributed by atoms with Crippen molar-refractivity contribution in [1.29, 1.82) is 0 Å². The molecule has 0 aliphatic carbocycles. The van der Waals surface area contributed by atoms with E-state index in [2.05, 4.69) is 0 Å². The van der Waals surface area contributed by atoms with Crippen molar-refractivity contribution in [2.75, 3.05) is 39.6 Å². The van der Waals surface area contributed by atoms with E-state index in [1.165, 1.54) is 0 Å². The van der Waals surface area contributed by atoms with Crippen molar-refractivity contribution in [1.82, 2.24) is 0 Å². The predicted octanol–water partition coefficient (Wildman–Crippen LogP) is 1.34. The Kier molecular flexibility index (Phi) is 26.0. The Labute approximate surface area is 213 Å². The van der Waals surface area contributed by atoms with E-state index < -0.39 is 23.9 Å². The molecule has 0 aromatic heterocycles. The van der Waals surface area contributed by atoms with E-state index in [1.807, 2.05) is 41.5 Å². The fraction of sp³-hybridized carbons (Fsp3) is 0.909. The molecule has 0 rings (SSSR count). The van der Waals surface area contributed by atoms with Crippen molar-refractivity contribution in [3.8, 4) is 0 Å². The van der Waals surface area contributed by atoms with Crippen LogP contribution in [-0.4, -0.2) is 63.5 Å². The smallest absolute Gasteiger partial charge is 0.542 e. The summed E-state index contributed by atoms with van der Waals surface area (Å²) in [7, 11) is 0. The topological polar surface area (TPSA) is 136 Å². The third-order valence-corrected chi connectivity index (χ3v) is 3.48. The van der Waals surface area contributed by atoms with E-state index in [1.54, 1.807) is 0 Å². The summed E-state index contributed by atoms with van der Waals surface area (Å²) in [5, 5.41) is 22.1. The average molecular weight is 514 g/mol. The first-order chi connectivity index (χ1) is 15.3. The number of carboxylic acids is 2. The van der Waals surface area contributed by atoms with Crippen molar-refractivity contribution >= 4 is 11.9 Å². The van der Waals surface area contributed by atoms with Gasteiger partial charge in [0.25, 0.3) is 0 Å². The first-order valence-corrected chi connectivity index (χ1v) is 11.5. The van der Waals surface area contributed by atoms with Crippen LogP contribution in [0.5, 0.6) is 0 Å². The van der Waals surface area contributed by atoms with Crippen LogP contribution in [0.25, 0.3) is 0 Å². The van der Waals surface area contributed by atoms with Crippen molar-refractivity contribution in [2.24, 2.45) is 0 Å². The zero-order valence-electron chi connectivity index (χ0n) is 21.1. The molecule has 0 aromatic rings. The van der Waals surface area contributed by atoms with Crippen LogP contribution in [-0.2, 0) is 59.7 Å². The van der Waals surface area contributed by atoms with Crippen LogP contribution in [0.15, 0.2) is 0 Å². The largest absolute Gasteiger partial charge is 2.00 e. The van der Waals surface area contributed by atoms with Gasteiger partial charge in [-0.2, -0.15) is 0 Å². The second-order valence-corrected chi connectivity index (χ2v) is 6.78. The molecule has 0 aromatic carbocycles. The van der Waals surface area contributed by atoms with Gasteiger partial charge in [-0.25, -0.2) is 0 Å². The van der Waals surface area contributed by atoms with Gasteiger partial charge in [0.05, 0.1) is 39.6 Å². The van der Waals surface area contributed by atoms with Gasteiger partial charge in [0.15, 0.2) is 0 Å². The van der Waals surface area contributed by atoms with Gasteiger partial charge in [-0.05, 0) is 38.5 Å². The van der Waals surface area contributed by atoms with Gasteiger partial charge in [-0.3, -0.25) is 0 Å². The Morgan fingerprint density at radius 3 is 0.727 bits per heavy atom. The monoisotopic (exact) mass is 514 g/mol. The van der Waals surface area contributed by atoms with Gasteiger partial charge in [0, 0.05) is 0 Å². The number of aliphatic carboxylic acids is 2. The normalized spacial score (nSPS) is 11.3. The van der Waals surface area contributed by atoms with E-state index in [0.717, 1.165) is 0 Å². The molecule has 0 heterocycles. The molecule has 0 bridgehead atoms. The van der Waals surface area contributed by atoms with Crippen molar-refractivity contribution in [2.45, 2.75) is 92.0 Å². The molecule has 0 atom stereocenters. The minimum absolute atomic E-state index is 0. The van der Waals surface area contributed by atoms with Crippen LogP contribution in [0.4, 0.5) is 0 Å². The molecule has 0 spiro atoms. The van der Waals surface area contributed by atoms with Crippen LogP contribution in [0.2, 0.25) is 0 Å². The van der Waals surface area contributed by atoms with Crippen LogP contribution in [0, 0.1) is 0 Å². The number of hydrogen-bond acceptors (Lipinski definition) is 10. The molecule has 33 heavy (non-hydrogen) atoms. The van der Waals surface area contributed by atoms with E-state index in [9.17, 15) is 19.8 Å². The number of ether oxygens (including phenoxy) is 6. The zero-order valence-corrected chi connectivity index (χ0v) is 22.6. The van der Waals surface area contributed by atoms with Crippen molar-refractivity contribution in [3.63, 3.8) is 0 Å². The summed E-state index contributed by atoms with van der Waals surface area (Å²) < 4.78 is 30.8. The molecule has 10 nitrogen and oxygen atoms in total. The molecule has 0 saturated heterocycles. The SMILES string of the molecule is CCCOC(OCCC)(OCCC)C(=O)[O-].CCCOC(OCCC)(OCCC)C(=O)[O-].[Ti+2]. The van der Waals surface area contributed by atoms with Crippen molar-refractivity contribution in [3.05, 3.63) is 0 Å². The van der Waals surface area contributed by atoms with E-state index in [0.29, 0.717) is 38.5 Å². The predicted molar refractivity (Wildman–Crippen MR) is 113 cm³/mol. The summed E-state index contributed by atoms with van der Waals surface area (Å²) in [6, 6.07) is 0. The molecule has 0 fully saturated rings. The van der Waals surface area contributed by atoms with Crippen molar-refractivity contribution < 1.29 is 69.9 Å². The zero-order chi connectivity index (χ0) is 24.9. The summed E-state index contributed by atoms with van der Waals surface area (Å²) in [5.74, 6) is -7.05. The molecule has 0 aliphatic rings. The van der Waals surface area contributed by atoms with Gasteiger partial charge in [0.1, 0.15) is 11.9 Å². The van der Waals surface area contributed by atoms with Crippen LogP contribution >= 0.6 is 0 Å². The van der Waals surface area contributed by atoms with Crippen LogP contribution < -0.4 is 10.2 Å². The van der Waals surface area contributed by atoms with Crippen LogP contribution in [0.1, 0.15) is 80.1 Å². The van der Waals surface area contributed by atoms with Crippen LogP contribution in [0.3, 0.4) is 0 Å². The second kappa shape index (κ2) is 23.2. The molecular formula is C22H42O10Ti. The molecule has 0 N–H and O–H groups in total. The van der Waals surface area contributed by atoms with E-state index >= 15 is 0 Å². The summed E-state index contributed by atoms with van der Waals surface area (Å²) in [4.78, 5) is 22.1. The van der Waals surface area contributed by atoms with Gasteiger partial charge in [-0.15, -0.1) is 0 Å². The Bertz CT molecular complexity index is 391. The summed E-state index contributed by atoms with van der Waals surface area (Å²) in [5.41, 5.74) is 0. The third-order valence-electron chi connectivity index (χ3n) is 3.48. The number of carbonyl (C=O) groups is 2. The molecule has 0 unspecified atom stereocenters. The first-order valence-electron chi connectivity index (χ1n) is 11.5. The molecule has 194 valence electrons. The van der Waals surface area contributed by atoms with Gasteiger partial charge >= 0.3 is 33.7 Å². The summed E-state index contributed by atoms with van der Waals surface area (Å²) in [6.45, 7) is 12.8. The first kappa shape index (κ1) is 37.0. The molecule has 0 radical (unpaired) electrons. The Morgan fingerprint density at radius 2 is 0.636 bits per heavy atom. The number of carbonyl (C=O) groups excluding carboxylic acids is 2. The van der Waals surface area contributed by atoms with Gasteiger partial charge < -0.3 is 48.2 Å². The fourth-order valence-corrected chi connectivity index (χ4v) is 2.02. The minimum atomic E-state index is -2.04. The maximum Gasteiger partial charge on any atom is 2.00 e. The maximum atomic E-state index is 11.1. The Morgan fingerprint density at radius 1 is 0.485 bits per heavy atom. The van der Waals surface area contributed by atoms with Gasteiger partial charge in [-0.1, -0.05) is 41.5 Å².